The predicted octanol–water partition coefficient (Wildman–Crippen LogP) is 1.63. The van der Waals surface area contributed by atoms with Crippen molar-refractivity contribution in [2.75, 3.05) is 39.3 Å². The number of aromatic nitrogens is 1. The molecule has 1 aromatic heterocycles. The number of rotatable bonds is 7. The van der Waals surface area contributed by atoms with Gasteiger partial charge < -0.3 is 10.2 Å². The Morgan fingerprint density at radius 1 is 1.33 bits per heavy atom. The van der Waals surface area contributed by atoms with Crippen LogP contribution in [0.5, 0.6) is 0 Å². The van der Waals surface area contributed by atoms with E-state index in [0.717, 1.165) is 57.6 Å². The Morgan fingerprint density at radius 3 is 3.00 bits per heavy atom. The van der Waals surface area contributed by atoms with Crippen LogP contribution in [0.2, 0.25) is 0 Å². The van der Waals surface area contributed by atoms with E-state index in [1.165, 1.54) is 0 Å². The zero-order chi connectivity index (χ0) is 19.1. The van der Waals surface area contributed by atoms with Gasteiger partial charge in [0.25, 0.3) is 0 Å². The zero-order valence-corrected chi connectivity index (χ0v) is 16.0. The zero-order valence-electron chi connectivity index (χ0n) is 16.0. The van der Waals surface area contributed by atoms with Gasteiger partial charge in [-0.25, -0.2) is 0 Å². The fourth-order valence-electron chi connectivity index (χ4n) is 4.32. The summed E-state index contributed by atoms with van der Waals surface area (Å²) in [4.78, 5) is 33.1. The summed E-state index contributed by atoms with van der Waals surface area (Å²) in [5, 5.41) is 2.86. The second-order valence-electron chi connectivity index (χ2n) is 7.79. The molecule has 0 aliphatic carbocycles. The van der Waals surface area contributed by atoms with E-state index in [-0.39, 0.29) is 17.2 Å². The van der Waals surface area contributed by atoms with E-state index in [4.69, 9.17) is 0 Å². The number of piperidine rings is 2. The van der Waals surface area contributed by atoms with E-state index in [2.05, 4.69) is 21.8 Å². The van der Waals surface area contributed by atoms with Gasteiger partial charge in [0, 0.05) is 56.3 Å². The number of nitrogens with zero attached hydrogens (tertiary/aromatic N) is 3. The third kappa shape index (κ3) is 5.39. The predicted molar refractivity (Wildman–Crippen MR) is 105 cm³/mol. The van der Waals surface area contributed by atoms with Gasteiger partial charge in [-0.3, -0.25) is 19.5 Å². The van der Waals surface area contributed by atoms with Crippen molar-refractivity contribution < 1.29 is 9.59 Å². The molecule has 2 saturated heterocycles. The quantitative estimate of drug-likeness (QED) is 0.741. The van der Waals surface area contributed by atoms with Crippen molar-refractivity contribution in [2.45, 2.75) is 32.1 Å². The topological polar surface area (TPSA) is 65.5 Å². The summed E-state index contributed by atoms with van der Waals surface area (Å²) >= 11 is 0. The molecule has 2 amide bonds. The molecular weight excluding hydrogens is 340 g/mol. The van der Waals surface area contributed by atoms with E-state index in [9.17, 15) is 9.59 Å². The molecule has 0 saturated carbocycles. The van der Waals surface area contributed by atoms with Gasteiger partial charge in [-0.05, 0) is 37.9 Å². The van der Waals surface area contributed by atoms with Crippen LogP contribution in [0.3, 0.4) is 0 Å². The van der Waals surface area contributed by atoms with Gasteiger partial charge in [0.05, 0.1) is 6.54 Å². The molecule has 2 aliphatic heterocycles. The van der Waals surface area contributed by atoms with Crippen LogP contribution in [0.1, 0.15) is 31.4 Å². The number of carbonyl (C=O) groups is 2. The molecule has 0 bridgehead atoms. The maximum Gasteiger partial charge on any atom is 0.234 e. The molecule has 0 radical (unpaired) electrons. The van der Waals surface area contributed by atoms with Crippen LogP contribution in [-0.4, -0.2) is 65.9 Å². The Bertz CT molecular complexity index is 663. The van der Waals surface area contributed by atoms with Crippen molar-refractivity contribution in [3.8, 4) is 0 Å². The van der Waals surface area contributed by atoms with Crippen molar-refractivity contribution in [3.63, 3.8) is 0 Å². The van der Waals surface area contributed by atoms with Crippen LogP contribution < -0.4 is 5.32 Å². The van der Waals surface area contributed by atoms with E-state index >= 15 is 0 Å². The first kappa shape index (κ1) is 19.5. The lowest BCUT2D eigenvalue weighted by Gasteiger charge is -2.48. The molecule has 6 heteroatoms. The minimum Gasteiger partial charge on any atom is -0.352 e. The van der Waals surface area contributed by atoms with Crippen LogP contribution >= 0.6 is 0 Å². The van der Waals surface area contributed by atoms with Gasteiger partial charge >= 0.3 is 0 Å². The molecule has 2 fully saturated rings. The highest BCUT2D eigenvalue weighted by Crippen LogP contribution is 2.38. The lowest BCUT2D eigenvalue weighted by atomic mass is 9.73. The van der Waals surface area contributed by atoms with Crippen LogP contribution in [0.15, 0.2) is 37.1 Å². The first-order chi connectivity index (χ1) is 13.1. The number of carbonyl (C=O) groups excluding carboxylic acids is 2. The van der Waals surface area contributed by atoms with E-state index < -0.39 is 0 Å². The minimum absolute atomic E-state index is 0.0471. The molecule has 3 heterocycles. The van der Waals surface area contributed by atoms with Crippen LogP contribution in [-0.2, 0) is 16.0 Å². The molecule has 1 atom stereocenters. The van der Waals surface area contributed by atoms with Gasteiger partial charge in [-0.1, -0.05) is 12.1 Å². The first-order valence-corrected chi connectivity index (χ1v) is 9.88. The summed E-state index contributed by atoms with van der Waals surface area (Å²) in [6.45, 7) is 7.92. The number of hydrogen-bond acceptors (Lipinski definition) is 4. The summed E-state index contributed by atoms with van der Waals surface area (Å²) in [7, 11) is 0. The highest BCUT2D eigenvalue weighted by molar-refractivity contribution is 5.78. The van der Waals surface area contributed by atoms with Crippen LogP contribution in [0, 0.1) is 5.41 Å². The number of likely N-dealkylation sites (tertiary alicyclic amines) is 2. The van der Waals surface area contributed by atoms with Gasteiger partial charge in [-0.2, -0.15) is 0 Å². The SMILES string of the molecule is C=CCNC(=O)CN1CCC[C@]2(CCC(=O)N(CCc3ccccn3)C2)C1. The average molecular weight is 370 g/mol. The molecule has 0 aromatic carbocycles. The summed E-state index contributed by atoms with van der Waals surface area (Å²) < 4.78 is 0. The number of hydrogen-bond donors (Lipinski definition) is 1. The third-order valence-corrected chi connectivity index (χ3v) is 5.66. The summed E-state index contributed by atoms with van der Waals surface area (Å²) in [5.74, 6) is 0.295. The molecule has 1 spiro atoms. The van der Waals surface area contributed by atoms with E-state index in [1.54, 1.807) is 12.3 Å². The van der Waals surface area contributed by atoms with Crippen molar-refractivity contribution in [1.82, 2.24) is 20.1 Å². The normalized spacial score (nSPS) is 23.4. The third-order valence-electron chi connectivity index (χ3n) is 5.66. The summed E-state index contributed by atoms with van der Waals surface area (Å²) in [6.07, 6.45) is 8.03. The molecular formula is C21H30N4O2. The van der Waals surface area contributed by atoms with Gasteiger partial charge in [0.15, 0.2) is 0 Å². The largest absolute Gasteiger partial charge is 0.352 e. The molecule has 2 aliphatic rings. The van der Waals surface area contributed by atoms with Crippen molar-refractivity contribution in [3.05, 3.63) is 42.7 Å². The Balaban J connectivity index is 1.57. The molecule has 6 nitrogen and oxygen atoms in total. The van der Waals surface area contributed by atoms with E-state index in [1.807, 2.05) is 23.1 Å². The Morgan fingerprint density at radius 2 is 2.22 bits per heavy atom. The molecule has 1 aromatic rings. The molecule has 1 N–H and O–H groups in total. The minimum atomic E-state index is 0.0471. The highest BCUT2D eigenvalue weighted by atomic mass is 16.2. The van der Waals surface area contributed by atoms with Gasteiger partial charge in [0.1, 0.15) is 0 Å². The number of pyridine rings is 1. The summed E-state index contributed by atoms with van der Waals surface area (Å²) in [6, 6.07) is 5.90. The van der Waals surface area contributed by atoms with Gasteiger partial charge in [0.2, 0.25) is 11.8 Å². The molecule has 146 valence electrons. The second-order valence-corrected chi connectivity index (χ2v) is 7.79. The Kier molecular flexibility index (Phi) is 6.61. The van der Waals surface area contributed by atoms with Crippen molar-refractivity contribution in [2.24, 2.45) is 5.41 Å². The first-order valence-electron chi connectivity index (χ1n) is 9.88. The molecule has 0 unspecified atom stereocenters. The van der Waals surface area contributed by atoms with Crippen molar-refractivity contribution >= 4 is 11.8 Å². The van der Waals surface area contributed by atoms with Crippen LogP contribution in [0.4, 0.5) is 0 Å². The maximum atomic E-state index is 12.4. The van der Waals surface area contributed by atoms with Crippen molar-refractivity contribution in [1.29, 1.82) is 0 Å². The number of nitrogens with one attached hydrogen (secondary N) is 1. The fraction of sp³-hybridized carbons (Fsp3) is 0.571. The smallest absolute Gasteiger partial charge is 0.234 e. The standard InChI is InChI=1S/C21H30N4O2/c1-2-11-23-19(26)15-24-13-5-9-21(16-24)10-7-20(27)25(17-21)14-8-18-6-3-4-12-22-18/h2-4,6,12H,1,5,7-11,13-17H2,(H,23,26)/t21-/m0/s1. The molecule has 27 heavy (non-hydrogen) atoms. The lowest BCUT2D eigenvalue weighted by Crippen LogP contribution is -2.55. The second kappa shape index (κ2) is 9.13. The van der Waals surface area contributed by atoms with E-state index in [0.29, 0.717) is 19.5 Å². The Hall–Kier alpha value is -2.21. The summed E-state index contributed by atoms with van der Waals surface area (Å²) in [5.41, 5.74) is 1.14. The average Bonchev–Trinajstić information content (AvgIpc) is 2.68. The van der Waals surface area contributed by atoms with Gasteiger partial charge in [-0.15, -0.1) is 6.58 Å². The monoisotopic (exact) mass is 370 g/mol. The fourth-order valence-corrected chi connectivity index (χ4v) is 4.32. The molecule has 3 rings (SSSR count). The lowest BCUT2D eigenvalue weighted by molar-refractivity contribution is -0.140. The highest BCUT2D eigenvalue weighted by Gasteiger charge is 2.41. The Labute approximate surface area is 161 Å². The maximum absolute atomic E-state index is 12.4. The van der Waals surface area contributed by atoms with Crippen LogP contribution in [0.25, 0.3) is 0 Å². The number of amides is 2.